The van der Waals surface area contributed by atoms with Gasteiger partial charge >= 0.3 is 6.18 Å². The van der Waals surface area contributed by atoms with Crippen molar-refractivity contribution in [3.8, 4) is 0 Å². The molecule has 0 saturated heterocycles. The van der Waals surface area contributed by atoms with E-state index in [2.05, 4.69) is 0 Å². The Hall–Kier alpha value is -1.61. The van der Waals surface area contributed by atoms with Gasteiger partial charge in [-0.15, -0.1) is 0 Å². The average molecular weight is 394 g/mol. The Morgan fingerprint density at radius 1 is 1.08 bits per heavy atom. The van der Waals surface area contributed by atoms with Crippen molar-refractivity contribution in [1.82, 2.24) is 4.31 Å². The molecule has 0 aliphatic rings. The van der Waals surface area contributed by atoms with E-state index >= 15 is 0 Å². The third kappa shape index (κ3) is 4.72. The van der Waals surface area contributed by atoms with E-state index in [1.54, 1.807) is 30.3 Å². The third-order valence-electron chi connectivity index (χ3n) is 3.42. The van der Waals surface area contributed by atoms with Crippen molar-refractivity contribution in [2.45, 2.75) is 17.6 Å². The Bertz CT molecular complexity index is 826. The lowest BCUT2D eigenvalue weighted by atomic mass is 10.2. The van der Waals surface area contributed by atoms with Crippen LogP contribution in [0.2, 0.25) is 5.02 Å². The van der Waals surface area contributed by atoms with E-state index in [1.807, 2.05) is 0 Å². The van der Waals surface area contributed by atoms with Crippen LogP contribution in [0.25, 0.3) is 0 Å². The molecule has 4 nitrogen and oxygen atoms in total. The van der Waals surface area contributed by atoms with Gasteiger partial charge in [0.1, 0.15) is 0 Å². The second-order valence-corrected chi connectivity index (χ2v) is 7.53. The minimum atomic E-state index is -4.88. The van der Waals surface area contributed by atoms with Crippen LogP contribution in [0.15, 0.2) is 53.4 Å². The van der Waals surface area contributed by atoms with Gasteiger partial charge in [-0.1, -0.05) is 41.9 Å². The second kappa shape index (κ2) is 7.74. The molecule has 2 aromatic rings. The fourth-order valence-electron chi connectivity index (χ4n) is 2.27. The van der Waals surface area contributed by atoms with Crippen LogP contribution in [0.4, 0.5) is 13.2 Å². The molecule has 0 radical (unpaired) electrons. The maximum absolute atomic E-state index is 13.2. The molecular weight excluding hydrogens is 379 g/mol. The van der Waals surface area contributed by atoms with E-state index < -0.39 is 33.3 Å². The van der Waals surface area contributed by atoms with Crippen molar-refractivity contribution < 1.29 is 26.7 Å². The predicted molar refractivity (Wildman–Crippen MR) is 87.6 cm³/mol. The van der Waals surface area contributed by atoms with Crippen molar-refractivity contribution in [2.75, 3.05) is 13.2 Å². The van der Waals surface area contributed by atoms with Crippen molar-refractivity contribution in [1.29, 1.82) is 0 Å². The zero-order valence-corrected chi connectivity index (χ0v) is 14.4. The molecular formula is C16H15ClF3NO3S. The monoisotopic (exact) mass is 393 g/mol. The highest BCUT2D eigenvalue weighted by Crippen LogP contribution is 2.37. The normalized spacial score (nSPS) is 12.6. The molecule has 0 heterocycles. The predicted octanol–water partition coefficient (Wildman–Crippen LogP) is 3.54. The van der Waals surface area contributed by atoms with Crippen LogP contribution >= 0.6 is 11.6 Å². The minimum Gasteiger partial charge on any atom is -0.395 e. The summed E-state index contributed by atoms with van der Waals surface area (Å²) >= 11 is 5.60. The standard InChI is InChI=1S/C16H15ClF3NO3S/c17-13-6-7-15(14(10-13)16(18,19)20)25(23,24)21(8-9-22)11-12-4-2-1-3-5-12/h1-7,10,22H,8-9,11H2. The number of alkyl halides is 3. The van der Waals surface area contributed by atoms with Crippen LogP contribution in [-0.2, 0) is 22.7 Å². The zero-order valence-electron chi connectivity index (χ0n) is 12.9. The SMILES string of the molecule is O=S(=O)(c1ccc(Cl)cc1C(F)(F)F)N(CCO)Cc1ccccc1. The smallest absolute Gasteiger partial charge is 0.395 e. The van der Waals surface area contributed by atoms with Crippen LogP contribution in [-0.4, -0.2) is 31.0 Å². The molecule has 9 heteroatoms. The molecule has 0 amide bonds. The van der Waals surface area contributed by atoms with Crippen molar-refractivity contribution in [2.24, 2.45) is 0 Å². The van der Waals surface area contributed by atoms with Crippen LogP contribution in [0.1, 0.15) is 11.1 Å². The Morgan fingerprint density at radius 2 is 1.72 bits per heavy atom. The number of aliphatic hydroxyl groups excluding tert-OH is 1. The molecule has 0 fully saturated rings. The number of aliphatic hydroxyl groups is 1. The highest BCUT2D eigenvalue weighted by atomic mass is 35.5. The van der Waals surface area contributed by atoms with Gasteiger partial charge in [-0.3, -0.25) is 0 Å². The fourth-order valence-corrected chi connectivity index (χ4v) is 4.05. The average Bonchev–Trinajstić information content (AvgIpc) is 2.54. The first kappa shape index (κ1) is 19.7. The zero-order chi connectivity index (χ0) is 18.7. The first-order valence-corrected chi connectivity index (χ1v) is 8.99. The van der Waals surface area contributed by atoms with E-state index in [0.29, 0.717) is 11.6 Å². The molecule has 0 spiro atoms. The third-order valence-corrected chi connectivity index (χ3v) is 5.55. The highest BCUT2D eigenvalue weighted by Gasteiger charge is 2.39. The first-order valence-electron chi connectivity index (χ1n) is 7.18. The Labute approximate surface area is 148 Å². The summed E-state index contributed by atoms with van der Waals surface area (Å²) in [6.07, 6.45) is -4.88. The Morgan fingerprint density at radius 3 is 2.28 bits per heavy atom. The topological polar surface area (TPSA) is 57.6 Å². The number of sulfonamides is 1. The van der Waals surface area contributed by atoms with Gasteiger partial charge in [0.2, 0.25) is 10.0 Å². The second-order valence-electron chi connectivity index (χ2n) is 5.19. The lowest BCUT2D eigenvalue weighted by Crippen LogP contribution is -2.34. The van der Waals surface area contributed by atoms with Crippen LogP contribution in [0.3, 0.4) is 0 Å². The van der Waals surface area contributed by atoms with Crippen LogP contribution in [0.5, 0.6) is 0 Å². The molecule has 0 bridgehead atoms. The van der Waals surface area contributed by atoms with E-state index in [1.165, 1.54) is 0 Å². The molecule has 2 rings (SSSR count). The van der Waals surface area contributed by atoms with Crippen LogP contribution < -0.4 is 0 Å². The fraction of sp³-hybridized carbons (Fsp3) is 0.250. The molecule has 0 aromatic heterocycles. The lowest BCUT2D eigenvalue weighted by Gasteiger charge is -2.23. The molecule has 0 aliphatic carbocycles. The van der Waals surface area contributed by atoms with Crippen molar-refractivity contribution >= 4 is 21.6 Å². The number of benzene rings is 2. The highest BCUT2D eigenvalue weighted by molar-refractivity contribution is 7.89. The van der Waals surface area contributed by atoms with Gasteiger partial charge in [0, 0.05) is 18.1 Å². The van der Waals surface area contributed by atoms with Gasteiger partial charge in [-0.05, 0) is 23.8 Å². The lowest BCUT2D eigenvalue weighted by molar-refractivity contribution is -0.139. The number of halogens is 4. The molecule has 1 N–H and O–H groups in total. The van der Waals surface area contributed by atoms with Crippen molar-refractivity contribution in [3.63, 3.8) is 0 Å². The first-order chi connectivity index (χ1) is 11.7. The minimum absolute atomic E-state index is 0.163. The van der Waals surface area contributed by atoms with Gasteiger partial charge < -0.3 is 5.11 Å². The molecule has 0 saturated carbocycles. The van der Waals surface area contributed by atoms with Gasteiger partial charge in [0.15, 0.2) is 0 Å². The quantitative estimate of drug-likeness (QED) is 0.816. The van der Waals surface area contributed by atoms with E-state index in [0.717, 1.165) is 16.4 Å². The molecule has 136 valence electrons. The largest absolute Gasteiger partial charge is 0.417 e. The summed E-state index contributed by atoms with van der Waals surface area (Å²) in [7, 11) is -4.50. The summed E-state index contributed by atoms with van der Waals surface area (Å²) in [6.45, 7) is -1.03. The van der Waals surface area contributed by atoms with Crippen molar-refractivity contribution in [3.05, 3.63) is 64.7 Å². The van der Waals surface area contributed by atoms with Gasteiger partial charge in [0.25, 0.3) is 0 Å². The van der Waals surface area contributed by atoms with E-state index in [4.69, 9.17) is 16.7 Å². The van der Waals surface area contributed by atoms with Crippen LogP contribution in [0, 0.1) is 0 Å². The maximum Gasteiger partial charge on any atom is 0.417 e. The number of hydrogen-bond donors (Lipinski definition) is 1. The number of hydrogen-bond acceptors (Lipinski definition) is 3. The Kier molecular flexibility index (Phi) is 6.10. The molecule has 0 atom stereocenters. The van der Waals surface area contributed by atoms with Gasteiger partial charge in [-0.25, -0.2) is 8.42 Å². The van der Waals surface area contributed by atoms with Gasteiger partial charge in [-0.2, -0.15) is 17.5 Å². The number of nitrogens with zero attached hydrogens (tertiary/aromatic N) is 1. The molecule has 0 unspecified atom stereocenters. The summed E-state index contributed by atoms with van der Waals surface area (Å²) in [6, 6.07) is 10.9. The summed E-state index contributed by atoms with van der Waals surface area (Å²) in [5.41, 5.74) is -0.752. The van der Waals surface area contributed by atoms with Gasteiger partial charge in [0.05, 0.1) is 17.1 Å². The molecule has 2 aromatic carbocycles. The molecule has 25 heavy (non-hydrogen) atoms. The summed E-state index contributed by atoms with van der Waals surface area (Å²) in [5.74, 6) is 0. The molecule has 0 aliphatic heterocycles. The van der Waals surface area contributed by atoms with E-state index in [-0.39, 0.29) is 18.1 Å². The summed E-state index contributed by atoms with van der Waals surface area (Å²) in [5, 5.41) is 8.93. The Balaban J connectivity index is 2.51. The summed E-state index contributed by atoms with van der Waals surface area (Å²) < 4.78 is 66.1. The van der Waals surface area contributed by atoms with E-state index in [9.17, 15) is 21.6 Å². The summed E-state index contributed by atoms with van der Waals surface area (Å²) in [4.78, 5) is -0.895. The number of rotatable bonds is 6. The maximum atomic E-state index is 13.2.